The lowest BCUT2D eigenvalue weighted by molar-refractivity contribution is -0.124. The lowest BCUT2D eigenvalue weighted by Crippen LogP contribution is -2.55. The van der Waals surface area contributed by atoms with E-state index < -0.39 is 11.6 Å². The van der Waals surface area contributed by atoms with Crippen molar-refractivity contribution in [3.8, 4) is 0 Å². The normalized spacial score (nSPS) is 15.8. The predicted octanol–water partition coefficient (Wildman–Crippen LogP) is 6.74. The Morgan fingerprint density at radius 3 is 1.80 bits per heavy atom. The third-order valence-electron chi connectivity index (χ3n) is 10.3. The van der Waals surface area contributed by atoms with Crippen molar-refractivity contribution in [2.24, 2.45) is 0 Å². The second-order valence-electron chi connectivity index (χ2n) is 14.3. The molecule has 1 aromatic heterocycles. The summed E-state index contributed by atoms with van der Waals surface area (Å²) in [5.74, 6) is 0.495. The van der Waals surface area contributed by atoms with E-state index in [0.717, 1.165) is 42.3 Å². The van der Waals surface area contributed by atoms with Gasteiger partial charge in [0.1, 0.15) is 0 Å². The molecule has 1 atom stereocenters. The van der Waals surface area contributed by atoms with Gasteiger partial charge in [-0.3, -0.25) is 10.1 Å². The molecule has 1 amide bonds. The first-order valence-electron chi connectivity index (χ1n) is 18.0. The number of aryl methyl sites for hydroxylation is 2. The molecule has 0 bridgehead atoms. The van der Waals surface area contributed by atoms with Crippen LogP contribution < -0.4 is 10.6 Å². The van der Waals surface area contributed by atoms with Crippen LogP contribution in [0.25, 0.3) is 0 Å². The Kier molecular flexibility index (Phi) is 11.4. The predicted molar refractivity (Wildman–Crippen MR) is 201 cm³/mol. The molecule has 2 heterocycles. The average Bonchev–Trinajstić information content (AvgIpc) is 3.69. The van der Waals surface area contributed by atoms with E-state index in [1.54, 1.807) is 4.68 Å². The van der Waals surface area contributed by atoms with Gasteiger partial charge < -0.3 is 14.6 Å². The zero-order valence-corrected chi connectivity index (χ0v) is 30.2. The van der Waals surface area contributed by atoms with Gasteiger partial charge in [0.2, 0.25) is 5.91 Å². The van der Waals surface area contributed by atoms with E-state index in [0.29, 0.717) is 18.8 Å². The summed E-state index contributed by atoms with van der Waals surface area (Å²) in [5, 5.41) is 19.5. The molecule has 10 heteroatoms. The summed E-state index contributed by atoms with van der Waals surface area (Å²) >= 11 is 0. The zero-order chi connectivity index (χ0) is 35.7. The Labute approximate surface area is 302 Å². The Morgan fingerprint density at radius 2 is 1.27 bits per heavy atom. The molecule has 51 heavy (non-hydrogen) atoms. The lowest BCUT2D eigenvalue weighted by Gasteiger charge is -2.40. The number of hydrogen-bond donors (Lipinski definition) is 2. The molecule has 9 nitrogen and oxygen atoms in total. The highest BCUT2D eigenvalue weighted by molar-refractivity contribution is 6.45. The second kappa shape index (κ2) is 16.1. The summed E-state index contributed by atoms with van der Waals surface area (Å²) in [7, 11) is -0.276. The Balaban J connectivity index is 1.25. The molecule has 0 spiro atoms. The van der Waals surface area contributed by atoms with Crippen molar-refractivity contribution in [3.63, 3.8) is 0 Å². The van der Waals surface area contributed by atoms with Crippen molar-refractivity contribution in [1.82, 2.24) is 30.8 Å². The number of hydrogen-bond acceptors (Lipinski definition) is 7. The number of tetrazole rings is 1. The van der Waals surface area contributed by atoms with E-state index >= 15 is 0 Å². The van der Waals surface area contributed by atoms with Gasteiger partial charge in [-0.25, -0.2) is 4.68 Å². The third-order valence-corrected chi connectivity index (χ3v) is 10.3. The third kappa shape index (κ3) is 8.47. The van der Waals surface area contributed by atoms with E-state index in [1.807, 2.05) is 72.8 Å². The minimum absolute atomic E-state index is 0.115. The van der Waals surface area contributed by atoms with E-state index in [4.69, 9.17) is 9.31 Å². The summed E-state index contributed by atoms with van der Waals surface area (Å²) in [5.41, 5.74) is 2.77. The average molecular weight is 685 g/mol. The molecular weight excluding hydrogens is 635 g/mol. The minimum Gasteiger partial charge on any atom is -0.403 e. The number of aromatic nitrogens is 4. The highest BCUT2D eigenvalue weighted by Crippen LogP contribution is 2.39. The van der Waals surface area contributed by atoms with Crippen LogP contribution in [0.15, 0.2) is 121 Å². The Morgan fingerprint density at radius 1 is 0.765 bits per heavy atom. The fourth-order valence-corrected chi connectivity index (χ4v) is 6.78. The van der Waals surface area contributed by atoms with Gasteiger partial charge in [0, 0.05) is 6.54 Å². The maximum Gasteiger partial charge on any atom is 0.457 e. The number of carbonyl (C=O) groups excluding carboxylic acids is 1. The molecule has 0 saturated carbocycles. The van der Waals surface area contributed by atoms with Crippen molar-refractivity contribution in [2.45, 2.75) is 95.6 Å². The molecule has 1 saturated heterocycles. The molecule has 0 aliphatic carbocycles. The molecule has 0 radical (unpaired) electrons. The summed E-state index contributed by atoms with van der Waals surface area (Å²) in [6, 6.07) is 40.8. The fourth-order valence-electron chi connectivity index (χ4n) is 6.78. The van der Waals surface area contributed by atoms with Gasteiger partial charge in [-0.2, -0.15) is 0 Å². The fraction of sp³-hybridized carbons (Fsp3) is 0.366. The van der Waals surface area contributed by atoms with Gasteiger partial charge in [0.05, 0.1) is 29.3 Å². The van der Waals surface area contributed by atoms with E-state index in [2.05, 4.69) is 102 Å². The minimum atomic E-state index is -0.811. The lowest BCUT2D eigenvalue weighted by atomic mass is 9.76. The van der Waals surface area contributed by atoms with Crippen LogP contribution >= 0.6 is 0 Å². The molecule has 2 N–H and O–H groups in total. The molecule has 1 unspecified atom stereocenters. The number of nitrogens with zero attached hydrogens (tertiary/aromatic N) is 4. The number of carbonyl (C=O) groups is 1. The van der Waals surface area contributed by atoms with Gasteiger partial charge in [0.15, 0.2) is 5.82 Å². The van der Waals surface area contributed by atoms with Crippen molar-refractivity contribution < 1.29 is 14.1 Å². The van der Waals surface area contributed by atoms with E-state index in [9.17, 15) is 4.79 Å². The molecule has 6 rings (SSSR count). The molecule has 1 fully saturated rings. The van der Waals surface area contributed by atoms with Crippen molar-refractivity contribution in [1.29, 1.82) is 0 Å². The molecule has 5 aromatic rings. The molecule has 264 valence electrons. The summed E-state index contributed by atoms with van der Waals surface area (Å²) < 4.78 is 14.3. The largest absolute Gasteiger partial charge is 0.457 e. The highest BCUT2D eigenvalue weighted by atomic mass is 16.7. The van der Waals surface area contributed by atoms with Crippen LogP contribution in [-0.2, 0) is 39.2 Å². The van der Waals surface area contributed by atoms with Crippen molar-refractivity contribution >= 4 is 13.0 Å². The summed E-state index contributed by atoms with van der Waals surface area (Å²) in [4.78, 5) is 14.4. The van der Waals surface area contributed by atoms with Crippen LogP contribution in [0.2, 0.25) is 6.32 Å². The molecule has 1 aliphatic heterocycles. The number of benzene rings is 4. The highest BCUT2D eigenvalue weighted by Gasteiger charge is 2.50. The van der Waals surface area contributed by atoms with Crippen molar-refractivity contribution in [2.75, 3.05) is 0 Å². The second-order valence-corrected chi connectivity index (χ2v) is 14.3. The first-order chi connectivity index (χ1) is 24.7. The van der Waals surface area contributed by atoms with Crippen LogP contribution in [0.4, 0.5) is 0 Å². The summed E-state index contributed by atoms with van der Waals surface area (Å²) in [6.07, 6.45) is 3.76. The van der Waals surface area contributed by atoms with Crippen LogP contribution in [0, 0.1) is 0 Å². The van der Waals surface area contributed by atoms with E-state index in [-0.39, 0.29) is 30.8 Å². The Bertz CT molecular complexity index is 1710. The van der Waals surface area contributed by atoms with Gasteiger partial charge in [-0.05, 0) is 79.5 Å². The van der Waals surface area contributed by atoms with Crippen molar-refractivity contribution in [3.05, 3.63) is 149 Å². The topological polar surface area (TPSA) is 103 Å². The number of rotatable bonds is 16. The molecule has 1 aliphatic rings. The smallest absolute Gasteiger partial charge is 0.403 e. The maximum atomic E-state index is 14.4. The van der Waals surface area contributed by atoms with Gasteiger partial charge in [-0.1, -0.05) is 134 Å². The standard InChI is InChI=1S/C41H49BN6O3/c1-39(2)40(3,4)51-42(50-39)29-18-17-27-36(38(49)43-31-37-45-46-47-48(37)30-28-32-19-9-5-10-20-32)44-41(33-21-11-6-12-22-33,34-23-13-7-14-24-34)35-25-15-8-16-26-35/h5-16,19-26,36,44H,17-18,27-31H2,1-4H3,(H,43,49). The van der Waals surface area contributed by atoms with Gasteiger partial charge in [-0.15, -0.1) is 5.10 Å². The Hall–Kier alpha value is -4.64. The SMILES string of the molecule is CC1(C)OB(CCCCC(NC(c2ccccc2)(c2ccccc2)c2ccccc2)C(=O)NCc2nnnn2CCc2ccccc2)OC1(C)C. The van der Waals surface area contributed by atoms with Gasteiger partial charge in [0.25, 0.3) is 0 Å². The number of nitrogens with one attached hydrogen (secondary N) is 2. The first-order valence-corrected chi connectivity index (χ1v) is 18.0. The molecule has 4 aromatic carbocycles. The van der Waals surface area contributed by atoms with Crippen LogP contribution in [-0.4, -0.2) is 50.5 Å². The maximum absolute atomic E-state index is 14.4. The quantitative estimate of drug-likeness (QED) is 0.0674. The zero-order valence-electron chi connectivity index (χ0n) is 30.2. The van der Waals surface area contributed by atoms with E-state index in [1.165, 1.54) is 5.56 Å². The van der Waals surface area contributed by atoms with Gasteiger partial charge >= 0.3 is 7.12 Å². The first kappa shape index (κ1) is 36.2. The van der Waals surface area contributed by atoms with Crippen LogP contribution in [0.5, 0.6) is 0 Å². The van der Waals surface area contributed by atoms with Crippen LogP contribution in [0.1, 0.15) is 75.0 Å². The number of amides is 1. The molecular formula is C41H49BN6O3. The summed E-state index contributed by atoms with van der Waals surface area (Å²) in [6.45, 7) is 9.12. The number of unbranched alkanes of at least 4 members (excludes halogenated alkanes) is 1. The monoisotopic (exact) mass is 684 g/mol. The van der Waals surface area contributed by atoms with Crippen LogP contribution in [0.3, 0.4) is 0 Å².